The van der Waals surface area contributed by atoms with E-state index in [-0.39, 0.29) is 5.75 Å². The minimum Gasteiger partial charge on any atom is -0.508 e. The third-order valence-electron chi connectivity index (χ3n) is 2.34. The molecule has 4 nitrogen and oxygen atoms in total. The Labute approximate surface area is 101 Å². The molecule has 0 aliphatic rings. The van der Waals surface area contributed by atoms with E-state index >= 15 is 0 Å². The Morgan fingerprint density at radius 3 is 2.76 bits per heavy atom. The topological polar surface area (TPSA) is 55.2 Å². The first-order chi connectivity index (χ1) is 8.31. The van der Waals surface area contributed by atoms with Gasteiger partial charge in [-0.2, -0.15) is 0 Å². The zero-order chi connectivity index (χ0) is 11.7. The van der Waals surface area contributed by atoms with E-state index in [0.717, 1.165) is 10.8 Å². The highest BCUT2D eigenvalue weighted by molar-refractivity contribution is 7.11. The van der Waals surface area contributed by atoms with Crippen LogP contribution in [-0.4, -0.2) is 15.3 Å². The Morgan fingerprint density at radius 2 is 1.94 bits per heavy atom. The first-order valence-corrected chi connectivity index (χ1v) is 5.86. The van der Waals surface area contributed by atoms with Crippen molar-refractivity contribution >= 4 is 22.1 Å². The molecular formula is C12H8N2O2S. The first-order valence-electron chi connectivity index (χ1n) is 4.98. The Morgan fingerprint density at radius 1 is 1.06 bits per heavy atom. The summed E-state index contributed by atoms with van der Waals surface area (Å²) in [5, 5.41) is 19.4. The van der Waals surface area contributed by atoms with Crippen molar-refractivity contribution in [2.24, 2.45) is 0 Å². The number of hydrogen-bond acceptors (Lipinski definition) is 5. The third-order valence-corrected chi connectivity index (χ3v) is 2.91. The van der Waals surface area contributed by atoms with Gasteiger partial charge in [-0.1, -0.05) is 28.6 Å². The first kappa shape index (κ1) is 10.0. The molecular weight excluding hydrogens is 236 g/mol. The van der Waals surface area contributed by atoms with Gasteiger partial charge < -0.3 is 9.84 Å². The standard InChI is InChI=1S/C12H8N2O2S/c15-10-3-1-8-2-4-11(6-9(8)5-10)16-12-14-13-7-17-12/h1-7,15H. The molecule has 3 aromatic rings. The minimum absolute atomic E-state index is 0.241. The van der Waals surface area contributed by atoms with Crippen molar-refractivity contribution in [3.05, 3.63) is 41.9 Å². The number of aromatic nitrogens is 2. The quantitative estimate of drug-likeness (QED) is 0.752. The smallest absolute Gasteiger partial charge is 0.299 e. The molecule has 1 N–H and O–H groups in total. The predicted molar refractivity (Wildman–Crippen MR) is 65.6 cm³/mol. The van der Waals surface area contributed by atoms with Crippen LogP contribution in [-0.2, 0) is 0 Å². The second kappa shape index (κ2) is 4.03. The molecule has 3 rings (SSSR count). The number of benzene rings is 2. The molecule has 0 atom stereocenters. The monoisotopic (exact) mass is 244 g/mol. The molecule has 1 aromatic heterocycles. The van der Waals surface area contributed by atoms with Gasteiger partial charge in [0, 0.05) is 0 Å². The summed E-state index contributed by atoms with van der Waals surface area (Å²) in [4.78, 5) is 0. The van der Waals surface area contributed by atoms with Crippen molar-refractivity contribution in [2.45, 2.75) is 0 Å². The molecule has 84 valence electrons. The van der Waals surface area contributed by atoms with Gasteiger partial charge in [0.15, 0.2) is 0 Å². The van der Waals surface area contributed by atoms with Crippen molar-refractivity contribution in [2.75, 3.05) is 0 Å². The molecule has 0 aliphatic carbocycles. The number of nitrogens with zero attached hydrogens (tertiary/aromatic N) is 2. The van der Waals surface area contributed by atoms with E-state index in [2.05, 4.69) is 10.2 Å². The fourth-order valence-corrected chi connectivity index (χ4v) is 2.01. The van der Waals surface area contributed by atoms with Crippen molar-refractivity contribution < 1.29 is 9.84 Å². The molecule has 17 heavy (non-hydrogen) atoms. The highest BCUT2D eigenvalue weighted by Crippen LogP contribution is 2.27. The molecule has 0 radical (unpaired) electrons. The lowest BCUT2D eigenvalue weighted by Crippen LogP contribution is -1.83. The number of fused-ring (bicyclic) bond motifs is 1. The molecule has 0 unspecified atom stereocenters. The lowest BCUT2D eigenvalue weighted by atomic mass is 10.1. The van der Waals surface area contributed by atoms with Crippen LogP contribution in [0.3, 0.4) is 0 Å². The average Bonchev–Trinajstić information content (AvgIpc) is 2.81. The number of phenolic OH excluding ortho intramolecular Hbond substituents is 1. The molecule has 0 fully saturated rings. The molecule has 0 saturated heterocycles. The summed E-state index contributed by atoms with van der Waals surface area (Å²) < 4.78 is 5.53. The Balaban J connectivity index is 2.01. The third kappa shape index (κ3) is 2.05. The maximum Gasteiger partial charge on any atom is 0.299 e. The molecule has 1 heterocycles. The Hall–Kier alpha value is -2.14. The van der Waals surface area contributed by atoms with E-state index in [9.17, 15) is 5.11 Å². The number of phenols is 1. The second-order valence-corrected chi connectivity index (χ2v) is 4.30. The lowest BCUT2D eigenvalue weighted by molar-refractivity contribution is 0.473. The van der Waals surface area contributed by atoms with Gasteiger partial charge in [0.2, 0.25) is 0 Å². The van der Waals surface area contributed by atoms with Crippen molar-refractivity contribution in [1.82, 2.24) is 10.2 Å². The maximum absolute atomic E-state index is 9.42. The zero-order valence-electron chi connectivity index (χ0n) is 8.70. The summed E-state index contributed by atoms with van der Waals surface area (Å²) in [5.74, 6) is 0.922. The summed E-state index contributed by atoms with van der Waals surface area (Å²) in [6, 6.07) is 10.9. The summed E-state index contributed by atoms with van der Waals surface area (Å²) in [6.07, 6.45) is 0. The zero-order valence-corrected chi connectivity index (χ0v) is 9.52. The normalized spacial score (nSPS) is 10.6. The van der Waals surface area contributed by atoms with E-state index in [1.165, 1.54) is 11.3 Å². The molecule has 0 bridgehead atoms. The van der Waals surface area contributed by atoms with Crippen molar-refractivity contribution in [1.29, 1.82) is 0 Å². The van der Waals surface area contributed by atoms with E-state index in [4.69, 9.17) is 4.74 Å². The summed E-state index contributed by atoms with van der Waals surface area (Å²) in [5.41, 5.74) is 1.61. The van der Waals surface area contributed by atoms with Gasteiger partial charge in [0.05, 0.1) is 0 Å². The van der Waals surface area contributed by atoms with Gasteiger partial charge in [0.1, 0.15) is 17.0 Å². The minimum atomic E-state index is 0.241. The molecule has 0 amide bonds. The lowest BCUT2D eigenvalue weighted by Gasteiger charge is -2.03. The van der Waals surface area contributed by atoms with Crippen LogP contribution in [0, 0.1) is 0 Å². The van der Waals surface area contributed by atoms with Gasteiger partial charge in [-0.15, -0.1) is 5.10 Å². The van der Waals surface area contributed by atoms with E-state index in [0.29, 0.717) is 10.9 Å². The van der Waals surface area contributed by atoms with Gasteiger partial charge in [0.25, 0.3) is 5.19 Å². The molecule has 0 spiro atoms. The molecule has 0 aliphatic heterocycles. The average molecular weight is 244 g/mol. The van der Waals surface area contributed by atoms with Crippen LogP contribution in [0.2, 0.25) is 0 Å². The number of rotatable bonds is 2. The largest absolute Gasteiger partial charge is 0.508 e. The molecule has 0 saturated carbocycles. The Bertz CT molecular complexity index is 653. The van der Waals surface area contributed by atoms with Crippen LogP contribution < -0.4 is 4.74 Å². The van der Waals surface area contributed by atoms with Crippen LogP contribution >= 0.6 is 11.3 Å². The number of hydrogen-bond donors (Lipinski definition) is 1. The van der Waals surface area contributed by atoms with Crippen LogP contribution in [0.4, 0.5) is 0 Å². The van der Waals surface area contributed by atoms with Crippen molar-refractivity contribution in [3.63, 3.8) is 0 Å². The molecule has 2 aromatic carbocycles. The van der Waals surface area contributed by atoms with E-state index < -0.39 is 0 Å². The maximum atomic E-state index is 9.42. The summed E-state index contributed by atoms with van der Waals surface area (Å²) in [7, 11) is 0. The summed E-state index contributed by atoms with van der Waals surface area (Å²) >= 11 is 1.33. The van der Waals surface area contributed by atoms with Gasteiger partial charge in [-0.3, -0.25) is 0 Å². The second-order valence-electron chi connectivity index (χ2n) is 3.50. The van der Waals surface area contributed by atoms with E-state index in [1.807, 2.05) is 24.3 Å². The highest BCUT2D eigenvalue weighted by Gasteiger charge is 2.02. The highest BCUT2D eigenvalue weighted by atomic mass is 32.1. The van der Waals surface area contributed by atoms with Crippen molar-refractivity contribution in [3.8, 4) is 16.7 Å². The van der Waals surface area contributed by atoms with E-state index in [1.54, 1.807) is 17.6 Å². The van der Waals surface area contributed by atoms with Crippen LogP contribution in [0.5, 0.6) is 16.7 Å². The van der Waals surface area contributed by atoms with Crippen LogP contribution in [0.15, 0.2) is 41.9 Å². The number of ether oxygens (including phenoxy) is 1. The van der Waals surface area contributed by atoms with Crippen LogP contribution in [0.25, 0.3) is 10.8 Å². The van der Waals surface area contributed by atoms with Gasteiger partial charge in [-0.25, -0.2) is 0 Å². The van der Waals surface area contributed by atoms with Gasteiger partial charge >= 0.3 is 0 Å². The fourth-order valence-electron chi connectivity index (χ4n) is 1.58. The Kier molecular flexibility index (Phi) is 2.38. The van der Waals surface area contributed by atoms with Crippen LogP contribution in [0.1, 0.15) is 0 Å². The molecule has 5 heteroatoms. The predicted octanol–water partition coefficient (Wildman–Crippen LogP) is 3.19. The summed E-state index contributed by atoms with van der Waals surface area (Å²) in [6.45, 7) is 0. The van der Waals surface area contributed by atoms with Gasteiger partial charge in [-0.05, 0) is 35.0 Å². The SMILES string of the molecule is Oc1ccc2ccc(Oc3nncs3)cc2c1. The fraction of sp³-hybridized carbons (Fsp3) is 0. The number of aromatic hydroxyl groups is 1.